The topological polar surface area (TPSA) is 83.6 Å². The molecule has 0 unspecified atom stereocenters. The molecule has 0 fully saturated rings. The minimum absolute atomic E-state index is 0.147. The molecular formula is C26H23N5OS2. The lowest BCUT2D eigenvalue weighted by Gasteiger charge is -2.13. The normalized spacial score (nSPS) is 10.6. The number of benzene rings is 3. The molecule has 1 amide bonds. The van der Waals surface area contributed by atoms with Gasteiger partial charge in [-0.1, -0.05) is 60.3 Å². The fourth-order valence-corrected chi connectivity index (χ4v) is 4.78. The van der Waals surface area contributed by atoms with Crippen LogP contribution in [0.2, 0.25) is 0 Å². The van der Waals surface area contributed by atoms with Crippen molar-refractivity contribution in [3.05, 3.63) is 83.9 Å². The summed E-state index contributed by atoms with van der Waals surface area (Å²) in [5.74, 6) is 1.08. The van der Waals surface area contributed by atoms with Gasteiger partial charge >= 0.3 is 0 Å². The van der Waals surface area contributed by atoms with Gasteiger partial charge in [-0.2, -0.15) is 5.26 Å². The number of thioether (sulfide) groups is 2. The zero-order chi connectivity index (χ0) is 23.9. The van der Waals surface area contributed by atoms with Gasteiger partial charge in [0.1, 0.15) is 0 Å². The summed E-state index contributed by atoms with van der Waals surface area (Å²) >= 11 is 2.73. The molecule has 0 radical (unpaired) electrons. The molecule has 0 bridgehead atoms. The van der Waals surface area contributed by atoms with Crippen LogP contribution in [-0.2, 0) is 4.79 Å². The molecule has 4 aromatic rings. The monoisotopic (exact) mass is 485 g/mol. The van der Waals surface area contributed by atoms with Gasteiger partial charge in [0.05, 0.1) is 28.9 Å². The lowest BCUT2D eigenvalue weighted by atomic mass is 10.1. The second-order valence-corrected chi connectivity index (χ2v) is 9.52. The molecule has 0 aliphatic carbocycles. The van der Waals surface area contributed by atoms with Crippen molar-refractivity contribution in [3.8, 4) is 23.1 Å². The third-order valence-electron chi connectivity index (χ3n) is 5.20. The maximum Gasteiger partial charge on any atom is 0.234 e. The molecule has 0 saturated heterocycles. The van der Waals surface area contributed by atoms with Crippen molar-refractivity contribution in [2.24, 2.45) is 0 Å². The van der Waals surface area contributed by atoms with Gasteiger partial charge in [-0.25, -0.2) is 0 Å². The Hall–Kier alpha value is -3.54. The van der Waals surface area contributed by atoms with Crippen molar-refractivity contribution < 1.29 is 4.79 Å². The fraction of sp³-hybridized carbons (Fsp3) is 0.154. The molecule has 3 aromatic carbocycles. The maximum atomic E-state index is 12.8. The Labute approximate surface area is 207 Å². The summed E-state index contributed by atoms with van der Waals surface area (Å²) < 4.78 is 2.00. The van der Waals surface area contributed by atoms with Gasteiger partial charge in [0.2, 0.25) is 5.91 Å². The van der Waals surface area contributed by atoms with E-state index in [4.69, 9.17) is 5.26 Å². The Morgan fingerprint density at radius 3 is 2.50 bits per heavy atom. The van der Waals surface area contributed by atoms with E-state index < -0.39 is 0 Å². The number of amides is 1. The average molecular weight is 486 g/mol. The van der Waals surface area contributed by atoms with E-state index in [-0.39, 0.29) is 11.7 Å². The van der Waals surface area contributed by atoms with Crippen molar-refractivity contribution in [1.82, 2.24) is 14.8 Å². The van der Waals surface area contributed by atoms with E-state index in [1.54, 1.807) is 0 Å². The number of hydrogen-bond acceptors (Lipinski definition) is 6. The van der Waals surface area contributed by atoms with E-state index in [1.807, 2.05) is 65.2 Å². The number of anilines is 1. The molecule has 1 aromatic heterocycles. The summed E-state index contributed by atoms with van der Waals surface area (Å²) in [7, 11) is 0. The van der Waals surface area contributed by atoms with Gasteiger partial charge in [-0.15, -0.1) is 22.0 Å². The lowest BCUT2D eigenvalue weighted by molar-refractivity contribution is -0.113. The molecule has 0 atom stereocenters. The zero-order valence-electron chi connectivity index (χ0n) is 18.9. The molecule has 0 spiro atoms. The third-order valence-corrected chi connectivity index (χ3v) is 7.07. The van der Waals surface area contributed by atoms with E-state index >= 15 is 0 Å². The maximum absolute atomic E-state index is 12.8. The molecule has 6 nitrogen and oxygen atoms in total. The quantitative estimate of drug-likeness (QED) is 0.313. The SMILES string of the molecule is Cc1ccc(-n2c(SCC(=O)Nc3ccccc3SCC#N)nnc2-c2ccccc2)cc1C. The molecule has 1 heterocycles. The van der Waals surface area contributed by atoms with Crippen molar-refractivity contribution in [2.45, 2.75) is 23.9 Å². The summed E-state index contributed by atoms with van der Waals surface area (Å²) in [6, 6.07) is 25.7. The van der Waals surface area contributed by atoms with Crippen LogP contribution in [0.3, 0.4) is 0 Å². The van der Waals surface area contributed by atoms with Crippen LogP contribution >= 0.6 is 23.5 Å². The average Bonchev–Trinajstić information content (AvgIpc) is 3.28. The van der Waals surface area contributed by atoms with Gasteiger partial charge in [-0.3, -0.25) is 9.36 Å². The van der Waals surface area contributed by atoms with E-state index in [0.717, 1.165) is 22.0 Å². The van der Waals surface area contributed by atoms with Crippen molar-refractivity contribution in [3.63, 3.8) is 0 Å². The van der Waals surface area contributed by atoms with Gasteiger partial charge in [0.25, 0.3) is 0 Å². The number of nitrogens with one attached hydrogen (secondary N) is 1. The first-order chi connectivity index (χ1) is 16.6. The van der Waals surface area contributed by atoms with Crippen LogP contribution in [0.5, 0.6) is 0 Å². The first kappa shape index (κ1) is 23.6. The summed E-state index contributed by atoms with van der Waals surface area (Å²) in [5, 5.41) is 21.3. The summed E-state index contributed by atoms with van der Waals surface area (Å²) in [5.41, 5.74) is 4.99. The van der Waals surface area contributed by atoms with E-state index in [9.17, 15) is 4.79 Å². The minimum atomic E-state index is -0.147. The van der Waals surface area contributed by atoms with Gasteiger partial charge in [-0.05, 0) is 49.2 Å². The number of rotatable bonds is 8. The zero-order valence-corrected chi connectivity index (χ0v) is 20.5. The number of aryl methyl sites for hydroxylation is 2. The van der Waals surface area contributed by atoms with Crippen LogP contribution in [0, 0.1) is 25.2 Å². The molecular weight excluding hydrogens is 462 g/mol. The smallest absolute Gasteiger partial charge is 0.234 e. The largest absolute Gasteiger partial charge is 0.324 e. The van der Waals surface area contributed by atoms with Gasteiger partial charge < -0.3 is 5.32 Å². The van der Waals surface area contributed by atoms with Crippen LogP contribution in [0.4, 0.5) is 5.69 Å². The molecule has 8 heteroatoms. The van der Waals surface area contributed by atoms with Crippen molar-refractivity contribution in [2.75, 3.05) is 16.8 Å². The first-order valence-corrected chi connectivity index (χ1v) is 12.6. The number of carbonyl (C=O) groups is 1. The van der Waals surface area contributed by atoms with Gasteiger partial charge in [0.15, 0.2) is 11.0 Å². The van der Waals surface area contributed by atoms with E-state index in [0.29, 0.717) is 16.6 Å². The Kier molecular flexibility index (Phi) is 7.68. The Bertz CT molecular complexity index is 1350. The fourth-order valence-electron chi connectivity index (χ4n) is 3.36. The Balaban J connectivity index is 1.58. The Morgan fingerprint density at radius 1 is 0.971 bits per heavy atom. The Morgan fingerprint density at radius 2 is 1.74 bits per heavy atom. The second kappa shape index (κ2) is 11.1. The number of aromatic nitrogens is 3. The van der Waals surface area contributed by atoms with E-state index in [1.165, 1.54) is 34.7 Å². The predicted molar refractivity (Wildman–Crippen MR) is 138 cm³/mol. The third kappa shape index (κ3) is 5.50. The van der Waals surface area contributed by atoms with Crippen molar-refractivity contribution in [1.29, 1.82) is 5.26 Å². The highest BCUT2D eigenvalue weighted by Gasteiger charge is 2.18. The van der Waals surface area contributed by atoms with Crippen LogP contribution in [0.1, 0.15) is 11.1 Å². The molecule has 1 N–H and O–H groups in total. The minimum Gasteiger partial charge on any atom is -0.324 e. The number of hydrogen-bond donors (Lipinski definition) is 1. The standard InChI is InChI=1S/C26H23N5OS2/c1-18-12-13-21(16-19(18)2)31-25(20-8-4-3-5-9-20)29-30-26(31)34-17-24(32)28-22-10-6-7-11-23(22)33-15-14-27/h3-13,16H,15,17H2,1-2H3,(H,28,32). The first-order valence-electron chi connectivity index (χ1n) is 10.7. The van der Waals surface area contributed by atoms with Crippen molar-refractivity contribution >= 4 is 35.1 Å². The number of nitriles is 1. The lowest BCUT2D eigenvalue weighted by Crippen LogP contribution is -2.15. The van der Waals surface area contributed by atoms with Crippen LogP contribution in [0.15, 0.2) is 82.8 Å². The highest BCUT2D eigenvalue weighted by molar-refractivity contribution is 8.00. The molecule has 4 rings (SSSR count). The number of nitrogens with zero attached hydrogens (tertiary/aromatic N) is 4. The van der Waals surface area contributed by atoms with Gasteiger partial charge in [0, 0.05) is 10.5 Å². The predicted octanol–water partition coefficient (Wildman–Crippen LogP) is 5.90. The highest BCUT2D eigenvalue weighted by Crippen LogP contribution is 2.30. The van der Waals surface area contributed by atoms with E-state index in [2.05, 4.69) is 47.6 Å². The molecule has 170 valence electrons. The summed E-state index contributed by atoms with van der Waals surface area (Å²) in [6.45, 7) is 4.16. The number of carbonyl (C=O) groups excluding carboxylic acids is 1. The molecule has 34 heavy (non-hydrogen) atoms. The second-order valence-electron chi connectivity index (χ2n) is 7.56. The molecule has 0 aliphatic rings. The van der Waals surface area contributed by atoms with Crippen LogP contribution in [-0.4, -0.2) is 32.2 Å². The molecule has 0 aliphatic heterocycles. The molecule has 0 saturated carbocycles. The van der Waals surface area contributed by atoms with Crippen LogP contribution in [0.25, 0.3) is 17.1 Å². The number of para-hydroxylation sites is 1. The highest BCUT2D eigenvalue weighted by atomic mass is 32.2. The summed E-state index contributed by atoms with van der Waals surface area (Å²) in [6.07, 6.45) is 0. The summed E-state index contributed by atoms with van der Waals surface area (Å²) in [4.78, 5) is 13.6. The van der Waals surface area contributed by atoms with Crippen LogP contribution < -0.4 is 5.32 Å².